The van der Waals surface area contributed by atoms with E-state index in [1.54, 1.807) is 45.2 Å². The lowest BCUT2D eigenvalue weighted by molar-refractivity contribution is 0.0536. The van der Waals surface area contributed by atoms with Crippen LogP contribution in [0.5, 0.6) is 0 Å². The van der Waals surface area contributed by atoms with Gasteiger partial charge in [-0.15, -0.1) is 0 Å². The molecule has 0 saturated carbocycles. The van der Waals surface area contributed by atoms with Crippen molar-refractivity contribution in [2.24, 2.45) is 0 Å². The van der Waals surface area contributed by atoms with Crippen LogP contribution in [0.3, 0.4) is 0 Å². The molecule has 1 aliphatic carbocycles. The summed E-state index contributed by atoms with van der Waals surface area (Å²) in [5.74, 6) is 0. The number of nitriles is 1. The van der Waals surface area contributed by atoms with Gasteiger partial charge in [-0.25, -0.2) is 4.79 Å². The van der Waals surface area contributed by atoms with Gasteiger partial charge in [0.15, 0.2) is 0 Å². The minimum absolute atomic E-state index is 0.104. The Kier molecular flexibility index (Phi) is 6.16. The molecule has 1 heterocycles. The van der Waals surface area contributed by atoms with Crippen LogP contribution >= 0.6 is 0 Å². The molecule has 1 aliphatic rings. The van der Waals surface area contributed by atoms with Gasteiger partial charge in [0.2, 0.25) is 0 Å². The van der Waals surface area contributed by atoms with Crippen molar-refractivity contribution in [3.63, 3.8) is 0 Å². The highest BCUT2D eigenvalue weighted by molar-refractivity contribution is 6.14. The van der Waals surface area contributed by atoms with Gasteiger partial charge in [0.25, 0.3) is 0 Å². The number of aromatic nitrogens is 1. The molecule has 7 nitrogen and oxygen atoms in total. The second-order valence-corrected chi connectivity index (χ2v) is 9.54. The van der Waals surface area contributed by atoms with E-state index >= 15 is 0 Å². The Bertz CT molecular complexity index is 1290. The van der Waals surface area contributed by atoms with Crippen LogP contribution in [0.25, 0.3) is 0 Å². The lowest BCUT2D eigenvalue weighted by Gasteiger charge is -2.28. The van der Waals surface area contributed by atoms with E-state index < -0.39 is 11.7 Å². The zero-order chi connectivity index (χ0) is 24.5. The minimum atomic E-state index is -0.645. The largest absolute Gasteiger partial charge is 0.443 e. The van der Waals surface area contributed by atoms with Gasteiger partial charge in [0.05, 0.1) is 29.1 Å². The second kappa shape index (κ2) is 9.06. The number of nitrogens with two attached hydrogens (primary N) is 1. The van der Waals surface area contributed by atoms with Crippen LogP contribution in [0.15, 0.2) is 54.7 Å². The molecule has 1 unspecified atom stereocenters. The Hall–Kier alpha value is -4.05. The maximum Gasteiger partial charge on any atom is 0.419 e. The molecule has 4 N–H and O–H groups in total. The Morgan fingerprint density at radius 1 is 1.24 bits per heavy atom. The molecule has 0 fully saturated rings. The molecule has 0 saturated heterocycles. The van der Waals surface area contributed by atoms with Gasteiger partial charge in [0, 0.05) is 23.1 Å². The maximum absolute atomic E-state index is 12.6. The van der Waals surface area contributed by atoms with Gasteiger partial charge in [-0.2, -0.15) is 5.26 Å². The highest BCUT2D eigenvalue weighted by atomic mass is 16.6. The molecule has 0 radical (unpaired) electrons. The standard InChI is InChI=1S/C27H29N5O2/c1-27(2,3)34-26(33)32-13-5-8-24(32)25(30)21-15-19(10-12-22(21)29)31-23-7-4-6-18-14-17(16-28)9-11-20(18)23/h5,8-15,23,30-31H,4,6-7,29H2,1-3H3. The van der Waals surface area contributed by atoms with E-state index in [1.807, 2.05) is 30.3 Å². The first-order valence-corrected chi connectivity index (χ1v) is 11.4. The summed E-state index contributed by atoms with van der Waals surface area (Å²) in [6, 6.07) is 17.1. The quantitative estimate of drug-likeness (QED) is 0.348. The van der Waals surface area contributed by atoms with Crippen molar-refractivity contribution in [2.75, 3.05) is 11.1 Å². The van der Waals surface area contributed by atoms with E-state index in [9.17, 15) is 10.1 Å². The predicted octanol–water partition coefficient (Wildman–Crippen LogP) is 5.63. The van der Waals surface area contributed by atoms with E-state index in [-0.39, 0.29) is 11.8 Å². The van der Waals surface area contributed by atoms with Gasteiger partial charge < -0.3 is 15.8 Å². The SMILES string of the molecule is CC(C)(C)OC(=O)n1cccc1C(=N)c1cc(NC2CCCc3cc(C#N)ccc32)ccc1N. The van der Waals surface area contributed by atoms with E-state index in [2.05, 4.69) is 11.4 Å². The van der Waals surface area contributed by atoms with Crippen molar-refractivity contribution < 1.29 is 9.53 Å². The zero-order valence-electron chi connectivity index (χ0n) is 19.7. The lowest BCUT2D eigenvalue weighted by Crippen LogP contribution is -2.28. The van der Waals surface area contributed by atoms with Crippen LogP contribution in [0.4, 0.5) is 16.2 Å². The van der Waals surface area contributed by atoms with Crippen LogP contribution in [0.1, 0.15) is 67.6 Å². The summed E-state index contributed by atoms with van der Waals surface area (Å²) in [4.78, 5) is 12.6. The fourth-order valence-corrected chi connectivity index (χ4v) is 4.29. The molecule has 0 spiro atoms. The van der Waals surface area contributed by atoms with Gasteiger partial charge in [-0.05, 0) is 93.6 Å². The Labute approximate surface area is 199 Å². The van der Waals surface area contributed by atoms with Crippen molar-refractivity contribution >= 4 is 23.2 Å². The first-order chi connectivity index (χ1) is 16.2. The molecule has 1 atom stereocenters. The molecule has 0 bridgehead atoms. The van der Waals surface area contributed by atoms with E-state index in [0.29, 0.717) is 22.5 Å². The predicted molar refractivity (Wildman–Crippen MR) is 133 cm³/mol. The topological polar surface area (TPSA) is 117 Å². The van der Waals surface area contributed by atoms with Crippen molar-refractivity contribution in [1.29, 1.82) is 10.7 Å². The number of ether oxygens (including phenoxy) is 1. The number of carbonyl (C=O) groups excluding carboxylic acids is 1. The molecule has 7 heteroatoms. The van der Waals surface area contributed by atoms with Crippen LogP contribution in [-0.4, -0.2) is 22.0 Å². The summed E-state index contributed by atoms with van der Waals surface area (Å²) < 4.78 is 6.81. The second-order valence-electron chi connectivity index (χ2n) is 9.54. The molecule has 174 valence electrons. The van der Waals surface area contributed by atoms with E-state index in [0.717, 1.165) is 24.9 Å². The van der Waals surface area contributed by atoms with Crippen LogP contribution < -0.4 is 11.1 Å². The van der Waals surface area contributed by atoms with Gasteiger partial charge in [-0.3, -0.25) is 9.98 Å². The first-order valence-electron chi connectivity index (χ1n) is 11.4. The number of fused-ring (bicyclic) bond motifs is 1. The van der Waals surface area contributed by atoms with Gasteiger partial charge in [0.1, 0.15) is 5.60 Å². The average molecular weight is 456 g/mol. The summed E-state index contributed by atoms with van der Waals surface area (Å²) in [5.41, 5.74) is 11.0. The molecule has 1 aromatic heterocycles. The monoisotopic (exact) mass is 455 g/mol. The van der Waals surface area contributed by atoms with Crippen LogP contribution in [0.2, 0.25) is 0 Å². The lowest BCUT2D eigenvalue weighted by atomic mass is 9.86. The Morgan fingerprint density at radius 2 is 2.03 bits per heavy atom. The summed E-state index contributed by atoms with van der Waals surface area (Å²) in [5, 5.41) is 21.6. The Morgan fingerprint density at radius 3 is 2.76 bits per heavy atom. The summed E-state index contributed by atoms with van der Waals surface area (Å²) in [7, 11) is 0. The molecular formula is C27H29N5O2. The minimum Gasteiger partial charge on any atom is -0.443 e. The van der Waals surface area contributed by atoms with E-state index in [4.69, 9.17) is 15.9 Å². The third-order valence-electron chi connectivity index (χ3n) is 5.85. The number of rotatable bonds is 4. The number of hydrogen-bond acceptors (Lipinski definition) is 6. The van der Waals surface area contributed by atoms with Crippen molar-refractivity contribution in [1.82, 2.24) is 4.57 Å². The van der Waals surface area contributed by atoms with Crippen molar-refractivity contribution in [3.05, 3.63) is 82.7 Å². The number of nitrogen functional groups attached to an aromatic ring is 1. The van der Waals surface area contributed by atoms with Crippen LogP contribution in [0, 0.1) is 16.7 Å². The van der Waals surface area contributed by atoms with Gasteiger partial charge >= 0.3 is 6.09 Å². The fourth-order valence-electron chi connectivity index (χ4n) is 4.29. The molecule has 34 heavy (non-hydrogen) atoms. The smallest absolute Gasteiger partial charge is 0.419 e. The molecule has 4 rings (SSSR count). The first kappa shape index (κ1) is 23.1. The maximum atomic E-state index is 12.6. The van der Waals surface area contributed by atoms with Crippen molar-refractivity contribution in [3.8, 4) is 6.07 Å². The fraction of sp³-hybridized carbons (Fsp3) is 0.296. The number of nitrogens with zero attached hydrogens (tertiary/aromatic N) is 2. The number of carbonyl (C=O) groups is 1. The molecule has 3 aromatic rings. The van der Waals surface area contributed by atoms with Crippen LogP contribution in [-0.2, 0) is 11.2 Å². The molecule has 0 amide bonds. The number of anilines is 2. The highest BCUT2D eigenvalue weighted by Gasteiger charge is 2.23. The normalized spacial score (nSPS) is 15.2. The number of benzene rings is 2. The summed E-state index contributed by atoms with van der Waals surface area (Å²) in [6.45, 7) is 5.41. The van der Waals surface area contributed by atoms with Gasteiger partial charge in [-0.1, -0.05) is 6.07 Å². The van der Waals surface area contributed by atoms with E-state index in [1.165, 1.54) is 15.7 Å². The molecular weight excluding hydrogens is 426 g/mol. The molecule has 2 aromatic carbocycles. The highest BCUT2D eigenvalue weighted by Crippen LogP contribution is 2.34. The summed E-state index contributed by atoms with van der Waals surface area (Å²) >= 11 is 0. The number of aryl methyl sites for hydroxylation is 1. The zero-order valence-corrected chi connectivity index (χ0v) is 19.7. The number of nitrogens with one attached hydrogen (secondary N) is 2. The third kappa shape index (κ3) is 4.81. The summed E-state index contributed by atoms with van der Waals surface area (Å²) in [6.07, 6.45) is 4.01. The molecule has 0 aliphatic heterocycles. The average Bonchev–Trinajstić information content (AvgIpc) is 3.29. The third-order valence-corrected chi connectivity index (χ3v) is 5.85. The number of hydrogen-bond donors (Lipinski definition) is 3. The van der Waals surface area contributed by atoms with Crippen molar-refractivity contribution in [2.45, 2.75) is 51.7 Å². The Balaban J connectivity index is 1.60.